The number of benzene rings is 1. The molecule has 0 spiro atoms. The minimum Gasteiger partial charge on any atom is -0.472 e. The molecule has 160 valence electrons. The first-order valence-electron chi connectivity index (χ1n) is 10.4. The summed E-state index contributed by atoms with van der Waals surface area (Å²) in [5.74, 6) is 0.534. The van der Waals surface area contributed by atoms with Crippen LogP contribution in [0.25, 0.3) is 0 Å². The Balaban J connectivity index is 1.25. The highest BCUT2D eigenvalue weighted by Crippen LogP contribution is 2.38. The van der Waals surface area contributed by atoms with E-state index < -0.39 is 15.8 Å². The summed E-state index contributed by atoms with van der Waals surface area (Å²) in [5.41, 5.74) is 1.58. The number of sulfonamides is 1. The number of halogens is 1. The standard InChI is InChI=1S/C21H25FN4O3S/c1-14-2-5-16(22)8-20(14)30(27,28)26-7-6-25-13-18(9-17(25)12-26)29-21-11-23-19(10-24-21)15-3-4-15/h2,5,8,10-11,15,17-18H,3-4,6-7,9,12-13H2,1H3/t17-,18-/m0/s1. The Morgan fingerprint density at radius 3 is 2.70 bits per heavy atom. The van der Waals surface area contributed by atoms with Crippen molar-refractivity contribution in [2.24, 2.45) is 0 Å². The van der Waals surface area contributed by atoms with Gasteiger partial charge in [0.25, 0.3) is 0 Å². The van der Waals surface area contributed by atoms with E-state index >= 15 is 0 Å². The number of rotatable bonds is 5. The molecular formula is C21H25FN4O3S. The number of piperazine rings is 1. The second kappa shape index (κ2) is 7.55. The Morgan fingerprint density at radius 1 is 1.13 bits per heavy atom. The van der Waals surface area contributed by atoms with E-state index in [2.05, 4.69) is 14.9 Å². The van der Waals surface area contributed by atoms with Crippen molar-refractivity contribution in [3.8, 4) is 5.88 Å². The lowest BCUT2D eigenvalue weighted by atomic mass is 10.2. The average Bonchev–Trinajstić information content (AvgIpc) is 3.50. The molecule has 0 N–H and O–H groups in total. The van der Waals surface area contributed by atoms with Crippen LogP contribution in [0.15, 0.2) is 35.5 Å². The predicted octanol–water partition coefficient (Wildman–Crippen LogP) is 2.33. The molecule has 9 heteroatoms. The monoisotopic (exact) mass is 432 g/mol. The highest BCUT2D eigenvalue weighted by Gasteiger charge is 2.41. The fourth-order valence-corrected chi connectivity index (χ4v) is 6.12. The SMILES string of the molecule is Cc1ccc(F)cc1S(=O)(=O)N1CCN2C[C@@H](Oc3cnc(C4CC4)cn3)C[C@H]2C1. The normalized spacial score (nSPS) is 25.3. The van der Waals surface area contributed by atoms with E-state index in [0.717, 1.165) is 24.7 Å². The Morgan fingerprint density at radius 2 is 1.97 bits per heavy atom. The van der Waals surface area contributed by atoms with Crippen LogP contribution in [0.3, 0.4) is 0 Å². The largest absolute Gasteiger partial charge is 0.472 e. The minimum atomic E-state index is -3.73. The quantitative estimate of drug-likeness (QED) is 0.722. The third-order valence-corrected chi connectivity index (χ3v) is 8.25. The van der Waals surface area contributed by atoms with Crippen molar-refractivity contribution in [2.45, 2.75) is 49.1 Å². The van der Waals surface area contributed by atoms with Crippen LogP contribution in [0.2, 0.25) is 0 Å². The Hall–Kier alpha value is -2.10. The second-order valence-electron chi connectivity index (χ2n) is 8.45. The molecule has 3 heterocycles. The van der Waals surface area contributed by atoms with Crippen molar-refractivity contribution in [2.75, 3.05) is 26.2 Å². The van der Waals surface area contributed by atoms with Crippen LogP contribution < -0.4 is 4.74 Å². The van der Waals surface area contributed by atoms with Crippen LogP contribution in [0.4, 0.5) is 4.39 Å². The summed E-state index contributed by atoms with van der Waals surface area (Å²) in [5, 5.41) is 0. The minimum absolute atomic E-state index is 0.0466. The maximum Gasteiger partial charge on any atom is 0.243 e. The molecule has 0 amide bonds. The van der Waals surface area contributed by atoms with E-state index in [1.807, 2.05) is 0 Å². The zero-order chi connectivity index (χ0) is 20.9. The van der Waals surface area contributed by atoms with Gasteiger partial charge in [0, 0.05) is 44.6 Å². The molecule has 1 aromatic carbocycles. The molecule has 30 heavy (non-hydrogen) atoms. The van der Waals surface area contributed by atoms with Crippen LogP contribution in [0.5, 0.6) is 5.88 Å². The van der Waals surface area contributed by atoms with Crippen molar-refractivity contribution < 1.29 is 17.5 Å². The topological polar surface area (TPSA) is 75.6 Å². The fraction of sp³-hybridized carbons (Fsp3) is 0.524. The highest BCUT2D eigenvalue weighted by molar-refractivity contribution is 7.89. The van der Waals surface area contributed by atoms with Gasteiger partial charge >= 0.3 is 0 Å². The predicted molar refractivity (Wildman–Crippen MR) is 108 cm³/mol. The van der Waals surface area contributed by atoms with E-state index in [1.54, 1.807) is 19.3 Å². The summed E-state index contributed by atoms with van der Waals surface area (Å²) in [6, 6.07) is 3.98. The van der Waals surface area contributed by atoms with Gasteiger partial charge in [-0.1, -0.05) is 6.07 Å². The number of aryl methyl sites for hydroxylation is 1. The maximum absolute atomic E-state index is 13.7. The Bertz CT molecular complexity index is 1040. The molecule has 1 aliphatic carbocycles. The van der Waals surface area contributed by atoms with E-state index in [9.17, 15) is 12.8 Å². The van der Waals surface area contributed by atoms with E-state index in [-0.39, 0.29) is 17.0 Å². The molecule has 2 aliphatic heterocycles. The van der Waals surface area contributed by atoms with Gasteiger partial charge in [-0.05, 0) is 37.5 Å². The first kappa shape index (κ1) is 19.8. The fourth-order valence-electron chi connectivity index (χ4n) is 4.41. The molecule has 7 nitrogen and oxygen atoms in total. The third kappa shape index (κ3) is 3.81. The maximum atomic E-state index is 13.7. The summed E-state index contributed by atoms with van der Waals surface area (Å²) in [6.07, 6.45) is 6.53. The van der Waals surface area contributed by atoms with E-state index in [0.29, 0.717) is 37.0 Å². The first-order chi connectivity index (χ1) is 14.4. The molecule has 2 saturated heterocycles. The van der Waals surface area contributed by atoms with Crippen LogP contribution in [0.1, 0.15) is 36.4 Å². The van der Waals surface area contributed by atoms with Crippen molar-refractivity contribution in [3.63, 3.8) is 0 Å². The van der Waals surface area contributed by atoms with Gasteiger partial charge in [0.05, 0.1) is 23.0 Å². The third-order valence-electron chi connectivity index (χ3n) is 6.24. The Labute approximate surface area is 175 Å². The van der Waals surface area contributed by atoms with Gasteiger partial charge in [-0.3, -0.25) is 9.88 Å². The molecule has 5 rings (SSSR count). The molecule has 0 radical (unpaired) electrons. The van der Waals surface area contributed by atoms with E-state index in [1.165, 1.54) is 29.3 Å². The van der Waals surface area contributed by atoms with Crippen LogP contribution >= 0.6 is 0 Å². The summed E-state index contributed by atoms with van der Waals surface area (Å²) >= 11 is 0. The first-order valence-corrected chi connectivity index (χ1v) is 11.8. The molecule has 2 aromatic rings. The number of hydrogen-bond acceptors (Lipinski definition) is 6. The van der Waals surface area contributed by atoms with Crippen molar-refractivity contribution in [1.82, 2.24) is 19.2 Å². The number of aromatic nitrogens is 2. The average molecular weight is 433 g/mol. The van der Waals surface area contributed by atoms with E-state index in [4.69, 9.17) is 4.74 Å². The van der Waals surface area contributed by atoms with Gasteiger partial charge in [-0.2, -0.15) is 4.31 Å². The van der Waals surface area contributed by atoms with Gasteiger partial charge in [-0.25, -0.2) is 17.8 Å². The van der Waals surface area contributed by atoms with Crippen molar-refractivity contribution in [1.29, 1.82) is 0 Å². The summed E-state index contributed by atoms with van der Waals surface area (Å²) < 4.78 is 47.4. The molecular weight excluding hydrogens is 407 g/mol. The van der Waals surface area contributed by atoms with Crippen molar-refractivity contribution in [3.05, 3.63) is 47.7 Å². The lowest BCUT2D eigenvalue weighted by Gasteiger charge is -2.36. The number of hydrogen-bond donors (Lipinski definition) is 0. The lowest BCUT2D eigenvalue weighted by molar-refractivity contribution is 0.151. The summed E-state index contributed by atoms with van der Waals surface area (Å²) in [6.45, 7) is 3.83. The smallest absolute Gasteiger partial charge is 0.243 e. The molecule has 0 bridgehead atoms. The molecule has 3 aliphatic rings. The Kier molecular flexibility index (Phi) is 4.99. The second-order valence-corrected chi connectivity index (χ2v) is 10.4. The van der Waals surface area contributed by atoms with Gasteiger partial charge in [-0.15, -0.1) is 0 Å². The summed E-state index contributed by atoms with van der Waals surface area (Å²) in [7, 11) is -3.73. The molecule has 1 aromatic heterocycles. The highest BCUT2D eigenvalue weighted by atomic mass is 32.2. The van der Waals surface area contributed by atoms with Crippen LogP contribution in [-0.4, -0.2) is 65.9 Å². The zero-order valence-corrected chi connectivity index (χ0v) is 17.7. The molecule has 2 atom stereocenters. The van der Waals surface area contributed by atoms with Crippen LogP contribution in [0, 0.1) is 12.7 Å². The number of ether oxygens (including phenoxy) is 1. The molecule has 3 fully saturated rings. The lowest BCUT2D eigenvalue weighted by Crippen LogP contribution is -2.52. The number of nitrogens with zero attached hydrogens (tertiary/aromatic N) is 4. The molecule has 0 unspecified atom stereocenters. The van der Waals surface area contributed by atoms with Crippen LogP contribution in [-0.2, 0) is 10.0 Å². The van der Waals surface area contributed by atoms with Gasteiger partial charge in [0.2, 0.25) is 15.9 Å². The van der Waals surface area contributed by atoms with Gasteiger partial charge in [0.15, 0.2) is 0 Å². The van der Waals surface area contributed by atoms with Gasteiger partial charge in [0.1, 0.15) is 11.9 Å². The van der Waals surface area contributed by atoms with Gasteiger partial charge < -0.3 is 4.74 Å². The van der Waals surface area contributed by atoms with Crippen molar-refractivity contribution >= 4 is 10.0 Å². The summed E-state index contributed by atoms with van der Waals surface area (Å²) in [4.78, 5) is 11.1. The zero-order valence-electron chi connectivity index (χ0n) is 16.9. The number of fused-ring (bicyclic) bond motifs is 1. The molecule has 1 saturated carbocycles.